The Morgan fingerprint density at radius 2 is 1.60 bits per heavy atom. The zero-order valence-corrected chi connectivity index (χ0v) is 10.6. The maximum atomic E-state index is 10.3. The second kappa shape index (κ2) is 8.08. The molecule has 3 nitrogen and oxygen atoms in total. The van der Waals surface area contributed by atoms with Gasteiger partial charge in [-0.3, -0.25) is 0 Å². The summed E-state index contributed by atoms with van der Waals surface area (Å²) in [6.45, 7) is 8.89. The first kappa shape index (κ1) is 14.9. The Balaban J connectivity index is 4.37. The summed E-state index contributed by atoms with van der Waals surface area (Å²) in [6.07, 6.45) is 4.05. The van der Waals surface area contributed by atoms with Crippen molar-refractivity contribution in [2.75, 3.05) is 13.2 Å². The molecule has 0 rings (SSSR count). The Hall–Kier alpha value is -0.120. The number of rotatable bonds is 9. The molecule has 15 heavy (non-hydrogen) atoms. The first-order chi connectivity index (χ1) is 7.14. The molecule has 0 saturated heterocycles. The van der Waals surface area contributed by atoms with Gasteiger partial charge in [-0.05, 0) is 26.7 Å². The monoisotopic (exact) mass is 218 g/mol. The summed E-state index contributed by atoms with van der Waals surface area (Å²) >= 11 is 0. The molecule has 0 aromatic rings. The summed E-state index contributed by atoms with van der Waals surface area (Å²) in [7, 11) is 0. The topological polar surface area (TPSA) is 38.7 Å². The smallest absolute Gasteiger partial charge is 0.283 e. The first-order valence-electron chi connectivity index (χ1n) is 6.14. The summed E-state index contributed by atoms with van der Waals surface area (Å²) in [5.74, 6) is -1.31. The molecule has 92 valence electrons. The van der Waals surface area contributed by atoms with E-state index in [1.165, 1.54) is 0 Å². The molecule has 0 aliphatic heterocycles. The molecule has 0 amide bonds. The molecule has 0 aromatic heterocycles. The van der Waals surface area contributed by atoms with E-state index in [0.29, 0.717) is 13.2 Å². The highest BCUT2D eigenvalue weighted by Crippen LogP contribution is 2.28. The van der Waals surface area contributed by atoms with E-state index >= 15 is 0 Å². The SMILES string of the molecule is CCCCC(CC)C(O)(OCC)OCC. The summed E-state index contributed by atoms with van der Waals surface area (Å²) in [4.78, 5) is 0. The highest BCUT2D eigenvalue weighted by Gasteiger charge is 2.36. The lowest BCUT2D eigenvalue weighted by atomic mass is 9.96. The van der Waals surface area contributed by atoms with Crippen LogP contribution in [-0.2, 0) is 9.47 Å². The van der Waals surface area contributed by atoms with Crippen LogP contribution in [0.25, 0.3) is 0 Å². The molecular weight excluding hydrogens is 192 g/mol. The van der Waals surface area contributed by atoms with Crippen molar-refractivity contribution < 1.29 is 14.6 Å². The second-order valence-corrected chi connectivity index (χ2v) is 3.74. The quantitative estimate of drug-likeness (QED) is 0.605. The van der Waals surface area contributed by atoms with Crippen LogP contribution in [0.1, 0.15) is 53.4 Å². The maximum absolute atomic E-state index is 10.3. The van der Waals surface area contributed by atoms with Gasteiger partial charge in [0.05, 0.1) is 0 Å². The van der Waals surface area contributed by atoms with Crippen LogP contribution in [0.4, 0.5) is 0 Å². The molecule has 0 saturated carbocycles. The molecule has 0 aliphatic carbocycles. The third kappa shape index (κ3) is 4.96. The fraction of sp³-hybridized carbons (Fsp3) is 1.00. The number of unbranched alkanes of at least 4 members (excludes halogenated alkanes) is 1. The van der Waals surface area contributed by atoms with Gasteiger partial charge in [0.2, 0.25) is 0 Å². The van der Waals surface area contributed by atoms with Crippen LogP contribution in [0.15, 0.2) is 0 Å². The average Bonchev–Trinajstić information content (AvgIpc) is 2.19. The minimum atomic E-state index is -1.38. The zero-order chi connectivity index (χ0) is 11.7. The van der Waals surface area contributed by atoms with Gasteiger partial charge in [-0.2, -0.15) is 0 Å². The molecular formula is C12H26O3. The number of ether oxygens (including phenoxy) is 2. The van der Waals surface area contributed by atoms with E-state index in [1.54, 1.807) is 0 Å². The maximum Gasteiger partial charge on any atom is 0.283 e. The highest BCUT2D eigenvalue weighted by molar-refractivity contribution is 4.68. The minimum Gasteiger partial charge on any atom is -0.343 e. The van der Waals surface area contributed by atoms with E-state index in [4.69, 9.17) is 9.47 Å². The number of hydrogen-bond acceptors (Lipinski definition) is 3. The van der Waals surface area contributed by atoms with Crippen molar-refractivity contribution in [2.45, 2.75) is 59.4 Å². The van der Waals surface area contributed by atoms with E-state index in [1.807, 2.05) is 13.8 Å². The summed E-state index contributed by atoms with van der Waals surface area (Å²) in [5.41, 5.74) is 0. The van der Waals surface area contributed by atoms with Gasteiger partial charge in [-0.15, -0.1) is 0 Å². The van der Waals surface area contributed by atoms with Crippen molar-refractivity contribution in [1.82, 2.24) is 0 Å². The summed E-state index contributed by atoms with van der Waals surface area (Å²) in [5, 5.41) is 10.3. The van der Waals surface area contributed by atoms with Gasteiger partial charge in [0.15, 0.2) is 0 Å². The van der Waals surface area contributed by atoms with Gasteiger partial charge in [0.25, 0.3) is 5.97 Å². The van der Waals surface area contributed by atoms with E-state index in [9.17, 15) is 5.11 Å². The van der Waals surface area contributed by atoms with Crippen molar-refractivity contribution in [3.05, 3.63) is 0 Å². The molecule has 3 heteroatoms. The zero-order valence-electron chi connectivity index (χ0n) is 10.6. The van der Waals surface area contributed by atoms with Gasteiger partial charge in [-0.25, -0.2) is 0 Å². The van der Waals surface area contributed by atoms with Crippen molar-refractivity contribution in [3.63, 3.8) is 0 Å². The predicted octanol–water partition coefficient (Wildman–Crippen LogP) is 2.92. The Kier molecular flexibility index (Phi) is 8.02. The van der Waals surface area contributed by atoms with Crippen LogP contribution >= 0.6 is 0 Å². The molecule has 1 atom stereocenters. The Morgan fingerprint density at radius 3 is 1.93 bits per heavy atom. The van der Waals surface area contributed by atoms with Crippen LogP contribution in [0.2, 0.25) is 0 Å². The van der Waals surface area contributed by atoms with Gasteiger partial charge in [0.1, 0.15) is 0 Å². The molecule has 0 fully saturated rings. The fourth-order valence-electron chi connectivity index (χ4n) is 1.79. The third-order valence-electron chi connectivity index (χ3n) is 2.62. The Bertz CT molecular complexity index is 142. The van der Waals surface area contributed by atoms with Crippen LogP contribution in [0.5, 0.6) is 0 Å². The largest absolute Gasteiger partial charge is 0.343 e. The van der Waals surface area contributed by atoms with Crippen LogP contribution in [-0.4, -0.2) is 24.3 Å². The van der Waals surface area contributed by atoms with Crippen LogP contribution in [0.3, 0.4) is 0 Å². The number of hydrogen-bond donors (Lipinski definition) is 1. The van der Waals surface area contributed by atoms with E-state index in [0.717, 1.165) is 25.7 Å². The summed E-state index contributed by atoms with van der Waals surface area (Å²) in [6, 6.07) is 0. The molecule has 0 radical (unpaired) electrons. The third-order valence-corrected chi connectivity index (χ3v) is 2.62. The average molecular weight is 218 g/mol. The van der Waals surface area contributed by atoms with Crippen molar-refractivity contribution in [1.29, 1.82) is 0 Å². The lowest BCUT2D eigenvalue weighted by Gasteiger charge is -2.34. The van der Waals surface area contributed by atoms with E-state index in [2.05, 4.69) is 13.8 Å². The lowest BCUT2D eigenvalue weighted by Crippen LogP contribution is -2.43. The highest BCUT2D eigenvalue weighted by atomic mass is 16.8. The summed E-state index contributed by atoms with van der Waals surface area (Å²) < 4.78 is 10.7. The first-order valence-corrected chi connectivity index (χ1v) is 6.14. The lowest BCUT2D eigenvalue weighted by molar-refractivity contribution is -0.385. The molecule has 0 bridgehead atoms. The molecule has 0 spiro atoms. The van der Waals surface area contributed by atoms with Gasteiger partial charge in [0, 0.05) is 19.1 Å². The van der Waals surface area contributed by atoms with Gasteiger partial charge >= 0.3 is 0 Å². The van der Waals surface area contributed by atoms with Crippen LogP contribution < -0.4 is 0 Å². The van der Waals surface area contributed by atoms with Gasteiger partial charge in [-0.1, -0.05) is 26.7 Å². The standard InChI is InChI=1S/C12H26O3/c1-5-9-10-11(6-2)12(13,14-7-3)15-8-4/h11,13H,5-10H2,1-4H3. The molecule has 1 N–H and O–H groups in total. The molecule has 0 aliphatic rings. The molecule has 0 aromatic carbocycles. The van der Waals surface area contributed by atoms with Crippen LogP contribution in [0, 0.1) is 5.92 Å². The predicted molar refractivity (Wildman–Crippen MR) is 61.5 cm³/mol. The van der Waals surface area contributed by atoms with E-state index < -0.39 is 5.97 Å². The molecule has 0 heterocycles. The van der Waals surface area contributed by atoms with Crippen molar-refractivity contribution in [2.24, 2.45) is 5.92 Å². The fourth-order valence-corrected chi connectivity index (χ4v) is 1.79. The normalized spacial score (nSPS) is 14.2. The number of aliphatic hydroxyl groups is 1. The Labute approximate surface area is 93.8 Å². The Morgan fingerprint density at radius 1 is 1.07 bits per heavy atom. The van der Waals surface area contributed by atoms with Crippen molar-refractivity contribution in [3.8, 4) is 0 Å². The van der Waals surface area contributed by atoms with Crippen molar-refractivity contribution >= 4 is 0 Å². The van der Waals surface area contributed by atoms with E-state index in [-0.39, 0.29) is 5.92 Å². The van der Waals surface area contributed by atoms with Gasteiger partial charge < -0.3 is 14.6 Å². The minimum absolute atomic E-state index is 0.0670. The second-order valence-electron chi connectivity index (χ2n) is 3.74. The molecule has 1 unspecified atom stereocenters.